The Bertz CT molecular complexity index is 1690. The Morgan fingerprint density at radius 3 is 2.42 bits per heavy atom. The molecule has 0 radical (unpaired) electrons. The number of methoxy groups -OCH3 is 2. The lowest BCUT2D eigenvalue weighted by atomic mass is 10.0. The number of para-hydroxylation sites is 1. The largest absolute Gasteiger partial charge is 0.493 e. The van der Waals surface area contributed by atoms with E-state index in [1.165, 1.54) is 38.5 Å². The van der Waals surface area contributed by atoms with Crippen molar-refractivity contribution in [3.05, 3.63) is 87.3 Å². The van der Waals surface area contributed by atoms with Crippen molar-refractivity contribution in [3.8, 4) is 11.5 Å². The van der Waals surface area contributed by atoms with E-state index in [0.29, 0.717) is 34.5 Å². The molecule has 3 aromatic carbocycles. The molecule has 0 atom stereocenters. The Balaban J connectivity index is 1.39. The second-order valence-electron chi connectivity index (χ2n) is 9.99. The first-order valence-electron chi connectivity index (χ1n) is 13.6. The van der Waals surface area contributed by atoms with E-state index in [9.17, 15) is 24.0 Å². The third-order valence-electron chi connectivity index (χ3n) is 6.53. The summed E-state index contributed by atoms with van der Waals surface area (Å²) in [7, 11) is 2.64. The molecule has 1 fully saturated rings. The number of anilines is 2. The molecular weight excluding hydrogens is 622 g/mol. The standard InChI is InChI=1S/C32H30ClN3O8S/c1-18(2)21-7-5-6-8-24(21)35-29(38)17-44-25-12-9-19(13-26(25)42-3)14-27-30(39)36(32(41)45-27)16-28(37)34-20-10-11-23(33)22(15-20)31(40)43-4/h5-15,18H,16-17H2,1-4H3,(H,34,37)(H,35,38)/b27-14-. The van der Waals surface area contributed by atoms with Gasteiger partial charge in [0.05, 0.1) is 29.7 Å². The zero-order chi connectivity index (χ0) is 32.7. The summed E-state index contributed by atoms with van der Waals surface area (Å²) in [6, 6.07) is 16.6. The van der Waals surface area contributed by atoms with E-state index >= 15 is 0 Å². The van der Waals surface area contributed by atoms with Gasteiger partial charge in [-0.2, -0.15) is 0 Å². The summed E-state index contributed by atoms with van der Waals surface area (Å²) in [4.78, 5) is 63.6. The van der Waals surface area contributed by atoms with Crippen LogP contribution in [0.25, 0.3) is 6.08 Å². The van der Waals surface area contributed by atoms with Crippen LogP contribution in [0.2, 0.25) is 5.02 Å². The van der Waals surface area contributed by atoms with Crippen molar-refractivity contribution in [2.45, 2.75) is 19.8 Å². The molecule has 3 aromatic rings. The Morgan fingerprint density at radius 1 is 0.956 bits per heavy atom. The Morgan fingerprint density at radius 2 is 1.71 bits per heavy atom. The lowest BCUT2D eigenvalue weighted by molar-refractivity contribution is -0.127. The van der Waals surface area contributed by atoms with Crippen LogP contribution in [-0.2, 0) is 19.1 Å². The van der Waals surface area contributed by atoms with E-state index < -0.39 is 29.6 Å². The SMILES string of the molecule is COC(=O)c1cc(NC(=O)CN2C(=O)S/C(=C\c3ccc(OCC(=O)Nc4ccccc4C(C)C)c(OC)c3)C2=O)ccc1Cl. The molecule has 0 spiro atoms. The van der Waals surface area contributed by atoms with Crippen LogP contribution in [0, 0.1) is 0 Å². The highest BCUT2D eigenvalue weighted by atomic mass is 35.5. The molecule has 45 heavy (non-hydrogen) atoms. The van der Waals surface area contributed by atoms with Gasteiger partial charge in [0.25, 0.3) is 17.1 Å². The maximum absolute atomic E-state index is 13.0. The molecule has 0 aliphatic carbocycles. The minimum absolute atomic E-state index is 0.0496. The number of benzene rings is 3. The fraction of sp³-hybridized carbons (Fsp3) is 0.219. The van der Waals surface area contributed by atoms with Gasteiger partial charge in [-0.25, -0.2) is 4.79 Å². The molecule has 1 aliphatic rings. The number of carbonyl (C=O) groups is 5. The number of rotatable bonds is 11. The predicted molar refractivity (Wildman–Crippen MR) is 172 cm³/mol. The first-order chi connectivity index (χ1) is 21.5. The van der Waals surface area contributed by atoms with Gasteiger partial charge in [-0.05, 0) is 71.3 Å². The van der Waals surface area contributed by atoms with Gasteiger partial charge in [-0.1, -0.05) is 49.7 Å². The summed E-state index contributed by atoms with van der Waals surface area (Å²) < 4.78 is 15.8. The van der Waals surface area contributed by atoms with Crippen molar-refractivity contribution in [1.29, 1.82) is 0 Å². The first-order valence-corrected chi connectivity index (χ1v) is 14.8. The smallest absolute Gasteiger partial charge is 0.339 e. The number of hydrogen-bond acceptors (Lipinski definition) is 9. The summed E-state index contributed by atoms with van der Waals surface area (Å²) in [6.07, 6.45) is 1.49. The monoisotopic (exact) mass is 651 g/mol. The van der Waals surface area contributed by atoms with Crippen LogP contribution in [0.3, 0.4) is 0 Å². The third-order valence-corrected chi connectivity index (χ3v) is 7.77. The number of halogens is 1. The molecule has 1 aliphatic heterocycles. The molecule has 4 amide bonds. The normalized spacial score (nSPS) is 13.6. The van der Waals surface area contributed by atoms with E-state index in [1.807, 2.05) is 38.1 Å². The van der Waals surface area contributed by atoms with E-state index in [2.05, 4.69) is 15.4 Å². The van der Waals surface area contributed by atoms with Gasteiger partial charge in [-0.3, -0.25) is 24.1 Å². The summed E-state index contributed by atoms with van der Waals surface area (Å²) in [5, 5.41) is 4.93. The average Bonchev–Trinajstić information content (AvgIpc) is 3.27. The highest BCUT2D eigenvalue weighted by Crippen LogP contribution is 2.35. The number of imide groups is 1. The minimum atomic E-state index is -0.683. The quantitative estimate of drug-likeness (QED) is 0.190. The predicted octanol–water partition coefficient (Wildman–Crippen LogP) is 5.95. The maximum Gasteiger partial charge on any atom is 0.339 e. The van der Waals surface area contributed by atoms with Gasteiger partial charge >= 0.3 is 5.97 Å². The molecule has 0 bridgehead atoms. The van der Waals surface area contributed by atoms with Crippen LogP contribution >= 0.6 is 23.4 Å². The fourth-order valence-corrected chi connectivity index (χ4v) is 5.37. The molecule has 13 heteroatoms. The molecule has 2 N–H and O–H groups in total. The molecule has 1 saturated heterocycles. The number of nitrogens with one attached hydrogen (secondary N) is 2. The number of esters is 1. The van der Waals surface area contributed by atoms with E-state index in [0.717, 1.165) is 10.5 Å². The molecule has 0 saturated carbocycles. The molecule has 11 nitrogen and oxygen atoms in total. The van der Waals surface area contributed by atoms with Crippen LogP contribution in [0.1, 0.15) is 41.3 Å². The molecular formula is C32H30ClN3O8S. The van der Waals surface area contributed by atoms with Gasteiger partial charge in [-0.15, -0.1) is 0 Å². The lowest BCUT2D eigenvalue weighted by Crippen LogP contribution is -2.36. The van der Waals surface area contributed by atoms with Crippen molar-refractivity contribution in [1.82, 2.24) is 4.90 Å². The molecule has 234 valence electrons. The zero-order valence-electron chi connectivity index (χ0n) is 24.8. The van der Waals surface area contributed by atoms with Gasteiger partial charge in [0.15, 0.2) is 18.1 Å². The summed E-state index contributed by atoms with van der Waals surface area (Å²) in [6.45, 7) is 3.27. The zero-order valence-corrected chi connectivity index (χ0v) is 26.4. The first kappa shape index (κ1) is 33.1. The van der Waals surface area contributed by atoms with Crippen LogP contribution in [0.5, 0.6) is 11.5 Å². The van der Waals surface area contributed by atoms with Crippen molar-refractivity contribution in [2.75, 3.05) is 38.0 Å². The van der Waals surface area contributed by atoms with Crippen molar-refractivity contribution in [2.24, 2.45) is 0 Å². The van der Waals surface area contributed by atoms with Crippen molar-refractivity contribution in [3.63, 3.8) is 0 Å². The third kappa shape index (κ3) is 8.22. The number of hydrogen-bond donors (Lipinski definition) is 2. The minimum Gasteiger partial charge on any atom is -0.493 e. The van der Waals surface area contributed by atoms with E-state index in [-0.39, 0.29) is 39.6 Å². The highest BCUT2D eigenvalue weighted by molar-refractivity contribution is 8.18. The maximum atomic E-state index is 13.0. The number of ether oxygens (including phenoxy) is 3. The molecule has 1 heterocycles. The average molecular weight is 652 g/mol. The number of thioether (sulfide) groups is 1. The van der Waals surface area contributed by atoms with Crippen molar-refractivity contribution < 1.29 is 38.2 Å². The van der Waals surface area contributed by atoms with Gasteiger partial charge in [0.2, 0.25) is 5.91 Å². The summed E-state index contributed by atoms with van der Waals surface area (Å²) in [5.41, 5.74) is 2.54. The number of nitrogens with zero attached hydrogens (tertiary/aromatic N) is 1. The van der Waals surface area contributed by atoms with E-state index in [4.69, 9.17) is 21.1 Å². The topological polar surface area (TPSA) is 140 Å². The van der Waals surface area contributed by atoms with Gasteiger partial charge < -0.3 is 24.8 Å². The van der Waals surface area contributed by atoms with Crippen LogP contribution in [-0.4, -0.2) is 61.2 Å². The number of amides is 4. The Kier molecular flexibility index (Phi) is 10.9. The van der Waals surface area contributed by atoms with E-state index in [1.54, 1.807) is 18.2 Å². The van der Waals surface area contributed by atoms with Crippen LogP contribution < -0.4 is 20.1 Å². The number of carbonyl (C=O) groups excluding carboxylic acids is 5. The molecule has 0 unspecified atom stereocenters. The summed E-state index contributed by atoms with van der Waals surface area (Å²) >= 11 is 6.70. The highest BCUT2D eigenvalue weighted by Gasteiger charge is 2.36. The fourth-order valence-electron chi connectivity index (χ4n) is 4.34. The summed E-state index contributed by atoms with van der Waals surface area (Å²) in [5.74, 6) is -1.48. The van der Waals surface area contributed by atoms with Crippen LogP contribution in [0.15, 0.2) is 65.6 Å². The second-order valence-corrected chi connectivity index (χ2v) is 11.4. The second kappa shape index (κ2) is 14.8. The van der Waals surface area contributed by atoms with Crippen LogP contribution in [0.4, 0.5) is 16.2 Å². The Labute approximate surface area is 268 Å². The molecule has 4 rings (SSSR count). The van der Waals surface area contributed by atoms with Gasteiger partial charge in [0.1, 0.15) is 6.54 Å². The van der Waals surface area contributed by atoms with Crippen molar-refractivity contribution >= 4 is 69.7 Å². The molecule has 0 aromatic heterocycles. The van der Waals surface area contributed by atoms with Gasteiger partial charge in [0, 0.05) is 11.4 Å². The lowest BCUT2D eigenvalue weighted by Gasteiger charge is -2.15. The Hall–Kier alpha value is -4.81.